The van der Waals surface area contributed by atoms with Gasteiger partial charge in [-0.2, -0.15) is 0 Å². The van der Waals surface area contributed by atoms with E-state index in [2.05, 4.69) is 35.3 Å². The monoisotopic (exact) mass is 272 g/mol. The summed E-state index contributed by atoms with van der Waals surface area (Å²) in [5.74, 6) is -0.150. The van der Waals surface area contributed by atoms with Gasteiger partial charge < -0.3 is 10.2 Å². The predicted molar refractivity (Wildman–Crippen MR) is 82.4 cm³/mol. The van der Waals surface area contributed by atoms with Gasteiger partial charge in [0.25, 0.3) is 0 Å². The second-order valence-electron chi connectivity index (χ2n) is 5.09. The molecule has 0 saturated carbocycles. The highest BCUT2D eigenvalue weighted by Gasteiger charge is 2.07. The first kappa shape index (κ1) is 14.5. The van der Waals surface area contributed by atoms with Crippen LogP contribution in [0.1, 0.15) is 16.7 Å². The first-order valence-corrected chi connectivity index (χ1v) is 6.80. The van der Waals surface area contributed by atoms with Crippen LogP contribution in [-0.4, -0.2) is 14.1 Å². The van der Waals surface area contributed by atoms with Gasteiger partial charge in [-0.3, -0.25) is 0 Å². The normalized spacial score (nSPS) is 10.6. The Hall–Kier alpha value is -1.87. The first-order valence-electron chi connectivity index (χ1n) is 6.80. The highest BCUT2D eigenvalue weighted by atomic mass is 19.1. The SMILES string of the molecule is CNCc1ccc(N(C)Cc2ccccc2F)cc1C. The third kappa shape index (κ3) is 3.36. The summed E-state index contributed by atoms with van der Waals surface area (Å²) in [6.07, 6.45) is 0. The van der Waals surface area contributed by atoms with E-state index in [0.29, 0.717) is 12.1 Å². The number of hydrogen-bond acceptors (Lipinski definition) is 2. The molecule has 0 unspecified atom stereocenters. The molecular formula is C17H21FN2. The Morgan fingerprint density at radius 1 is 1.10 bits per heavy atom. The molecule has 2 aromatic carbocycles. The van der Waals surface area contributed by atoms with E-state index < -0.39 is 0 Å². The van der Waals surface area contributed by atoms with Crippen molar-refractivity contribution >= 4 is 5.69 Å². The van der Waals surface area contributed by atoms with Gasteiger partial charge in [0.1, 0.15) is 5.82 Å². The Bertz CT molecular complexity index is 581. The summed E-state index contributed by atoms with van der Waals surface area (Å²) in [4.78, 5) is 2.06. The Labute approximate surface area is 120 Å². The van der Waals surface area contributed by atoms with Gasteiger partial charge in [0.2, 0.25) is 0 Å². The minimum atomic E-state index is -0.150. The Morgan fingerprint density at radius 2 is 1.85 bits per heavy atom. The van der Waals surface area contributed by atoms with E-state index >= 15 is 0 Å². The molecule has 2 nitrogen and oxygen atoms in total. The molecule has 0 heterocycles. The molecule has 0 saturated heterocycles. The molecule has 0 atom stereocenters. The molecule has 1 N–H and O–H groups in total. The van der Waals surface area contributed by atoms with Crippen molar-refractivity contribution in [3.63, 3.8) is 0 Å². The average Bonchev–Trinajstić information content (AvgIpc) is 2.43. The van der Waals surface area contributed by atoms with Crippen LogP contribution in [0.15, 0.2) is 42.5 Å². The molecular weight excluding hydrogens is 251 g/mol. The van der Waals surface area contributed by atoms with Crippen LogP contribution in [0.3, 0.4) is 0 Å². The Morgan fingerprint density at radius 3 is 2.50 bits per heavy atom. The van der Waals surface area contributed by atoms with E-state index in [0.717, 1.165) is 12.2 Å². The van der Waals surface area contributed by atoms with Crippen molar-refractivity contribution in [1.29, 1.82) is 0 Å². The molecule has 0 aromatic heterocycles. The number of rotatable bonds is 5. The molecule has 0 aliphatic heterocycles. The van der Waals surface area contributed by atoms with Gasteiger partial charge in [-0.1, -0.05) is 24.3 Å². The minimum absolute atomic E-state index is 0.150. The highest BCUT2D eigenvalue weighted by molar-refractivity contribution is 5.50. The smallest absolute Gasteiger partial charge is 0.128 e. The molecule has 0 spiro atoms. The van der Waals surface area contributed by atoms with Crippen LogP contribution < -0.4 is 10.2 Å². The quantitative estimate of drug-likeness (QED) is 0.896. The van der Waals surface area contributed by atoms with Crippen LogP contribution in [0.2, 0.25) is 0 Å². The Balaban J connectivity index is 2.15. The van der Waals surface area contributed by atoms with E-state index in [1.54, 1.807) is 6.07 Å². The van der Waals surface area contributed by atoms with Gasteiger partial charge in [0, 0.05) is 31.4 Å². The maximum Gasteiger partial charge on any atom is 0.128 e. The molecule has 3 heteroatoms. The molecule has 0 bridgehead atoms. The van der Waals surface area contributed by atoms with Crippen molar-refractivity contribution in [2.75, 3.05) is 19.0 Å². The number of hydrogen-bond donors (Lipinski definition) is 1. The highest BCUT2D eigenvalue weighted by Crippen LogP contribution is 2.20. The fraction of sp³-hybridized carbons (Fsp3) is 0.294. The zero-order valence-electron chi connectivity index (χ0n) is 12.3. The van der Waals surface area contributed by atoms with Crippen molar-refractivity contribution in [3.05, 3.63) is 65.0 Å². The number of aryl methyl sites for hydroxylation is 1. The maximum absolute atomic E-state index is 13.7. The topological polar surface area (TPSA) is 15.3 Å². The number of nitrogens with zero attached hydrogens (tertiary/aromatic N) is 1. The Kier molecular flexibility index (Phi) is 4.74. The van der Waals surface area contributed by atoms with Crippen LogP contribution >= 0.6 is 0 Å². The first-order chi connectivity index (χ1) is 9.61. The second-order valence-corrected chi connectivity index (χ2v) is 5.09. The van der Waals surface area contributed by atoms with Gasteiger partial charge >= 0.3 is 0 Å². The van der Waals surface area contributed by atoms with Crippen molar-refractivity contribution in [2.45, 2.75) is 20.0 Å². The summed E-state index contributed by atoms with van der Waals surface area (Å²) in [5.41, 5.74) is 4.35. The lowest BCUT2D eigenvalue weighted by Crippen LogP contribution is -2.17. The fourth-order valence-corrected chi connectivity index (χ4v) is 2.28. The second kappa shape index (κ2) is 6.53. The van der Waals surface area contributed by atoms with Gasteiger partial charge in [-0.25, -0.2) is 4.39 Å². The summed E-state index contributed by atoms with van der Waals surface area (Å²) >= 11 is 0. The molecule has 0 aliphatic rings. The van der Waals surface area contributed by atoms with E-state index in [1.165, 1.54) is 17.2 Å². The van der Waals surface area contributed by atoms with Gasteiger partial charge in [0.05, 0.1) is 0 Å². The maximum atomic E-state index is 13.7. The van der Waals surface area contributed by atoms with Crippen LogP contribution in [-0.2, 0) is 13.1 Å². The van der Waals surface area contributed by atoms with E-state index in [-0.39, 0.29) is 5.82 Å². The van der Waals surface area contributed by atoms with Gasteiger partial charge in [-0.05, 0) is 43.3 Å². The lowest BCUT2D eigenvalue weighted by molar-refractivity contribution is 0.608. The molecule has 0 radical (unpaired) electrons. The molecule has 2 rings (SSSR count). The molecule has 0 fully saturated rings. The lowest BCUT2D eigenvalue weighted by atomic mass is 10.1. The van der Waals surface area contributed by atoms with Crippen molar-refractivity contribution in [3.8, 4) is 0 Å². The fourth-order valence-electron chi connectivity index (χ4n) is 2.28. The third-order valence-electron chi connectivity index (χ3n) is 3.50. The number of anilines is 1. The molecule has 0 amide bonds. The van der Waals surface area contributed by atoms with E-state index in [4.69, 9.17) is 0 Å². The van der Waals surface area contributed by atoms with Crippen LogP contribution in [0.25, 0.3) is 0 Å². The third-order valence-corrected chi connectivity index (χ3v) is 3.50. The number of halogens is 1. The van der Waals surface area contributed by atoms with Gasteiger partial charge in [0.15, 0.2) is 0 Å². The predicted octanol–water partition coefficient (Wildman–Crippen LogP) is 3.49. The van der Waals surface area contributed by atoms with Crippen LogP contribution in [0, 0.1) is 12.7 Å². The van der Waals surface area contributed by atoms with Crippen molar-refractivity contribution in [1.82, 2.24) is 5.32 Å². The summed E-state index contributed by atoms with van der Waals surface area (Å²) in [5, 5.41) is 3.16. The molecule has 0 aliphatic carbocycles. The number of nitrogens with one attached hydrogen (secondary N) is 1. The lowest BCUT2D eigenvalue weighted by Gasteiger charge is -2.21. The largest absolute Gasteiger partial charge is 0.370 e. The van der Waals surface area contributed by atoms with Crippen molar-refractivity contribution < 1.29 is 4.39 Å². The standard InChI is InChI=1S/C17H21FN2/c1-13-10-16(9-8-14(13)11-19-2)20(3)12-15-6-4-5-7-17(15)18/h4-10,19H,11-12H2,1-3H3. The van der Waals surface area contributed by atoms with Crippen LogP contribution in [0.5, 0.6) is 0 Å². The summed E-state index contributed by atoms with van der Waals surface area (Å²) in [6.45, 7) is 3.54. The summed E-state index contributed by atoms with van der Waals surface area (Å²) < 4.78 is 13.7. The van der Waals surface area contributed by atoms with Crippen molar-refractivity contribution in [2.24, 2.45) is 0 Å². The zero-order valence-corrected chi connectivity index (χ0v) is 12.3. The van der Waals surface area contributed by atoms with E-state index in [1.807, 2.05) is 26.2 Å². The molecule has 20 heavy (non-hydrogen) atoms. The summed E-state index contributed by atoms with van der Waals surface area (Å²) in [7, 11) is 3.93. The number of benzene rings is 2. The van der Waals surface area contributed by atoms with Gasteiger partial charge in [-0.15, -0.1) is 0 Å². The summed E-state index contributed by atoms with van der Waals surface area (Å²) in [6, 6.07) is 13.3. The minimum Gasteiger partial charge on any atom is -0.370 e. The van der Waals surface area contributed by atoms with E-state index in [9.17, 15) is 4.39 Å². The zero-order chi connectivity index (χ0) is 14.5. The molecule has 2 aromatic rings. The van der Waals surface area contributed by atoms with Crippen LogP contribution in [0.4, 0.5) is 10.1 Å². The average molecular weight is 272 g/mol. The molecule has 106 valence electrons.